The molecule has 0 fully saturated rings. The van der Waals surface area contributed by atoms with Crippen molar-refractivity contribution in [2.75, 3.05) is 0 Å². The van der Waals surface area contributed by atoms with Gasteiger partial charge in [-0.25, -0.2) is 14.7 Å². The molecule has 4 aromatic rings. The molecule has 0 radical (unpaired) electrons. The van der Waals surface area contributed by atoms with Crippen LogP contribution >= 0.6 is 0 Å². The van der Waals surface area contributed by atoms with Gasteiger partial charge in [0.2, 0.25) is 0 Å². The van der Waals surface area contributed by atoms with Gasteiger partial charge in [-0.2, -0.15) is 0 Å². The van der Waals surface area contributed by atoms with Crippen LogP contribution in [0.15, 0.2) is 53.3 Å². The van der Waals surface area contributed by atoms with Gasteiger partial charge in [-0.05, 0) is 53.8 Å². The number of hydrogen-bond acceptors (Lipinski definition) is 5. The average Bonchev–Trinajstić information content (AvgIpc) is 3.45. The Morgan fingerprint density at radius 3 is 2.38 bits per heavy atom. The van der Waals surface area contributed by atoms with Crippen LogP contribution in [0.25, 0.3) is 22.5 Å². The molecule has 0 atom stereocenters. The second-order valence-electron chi connectivity index (χ2n) is 8.53. The maximum atomic E-state index is 13.2. The van der Waals surface area contributed by atoms with Gasteiger partial charge in [-0.15, -0.1) is 5.10 Å². The second kappa shape index (κ2) is 9.86. The molecule has 0 aliphatic heterocycles. The molecular weight excluding hydrogens is 432 g/mol. The second-order valence-corrected chi connectivity index (χ2v) is 8.53. The summed E-state index contributed by atoms with van der Waals surface area (Å²) in [6, 6.07) is 15.5. The topological polar surface area (TPSA) is 119 Å². The van der Waals surface area contributed by atoms with Crippen LogP contribution in [0.4, 0.5) is 0 Å². The molecular formula is C25H28N6O3. The Labute approximate surface area is 197 Å². The number of nitrogens with one attached hydrogen (secondary N) is 1. The average molecular weight is 461 g/mol. The number of carbonyl (C=O) groups is 1. The van der Waals surface area contributed by atoms with Gasteiger partial charge in [0.25, 0.3) is 0 Å². The molecule has 0 saturated heterocycles. The Bertz CT molecular complexity index is 1330. The number of unbranched alkanes of at least 4 members (excludes halogenated alkanes) is 1. The lowest BCUT2D eigenvalue weighted by Gasteiger charge is -2.10. The summed E-state index contributed by atoms with van der Waals surface area (Å²) >= 11 is 0. The van der Waals surface area contributed by atoms with Crippen LogP contribution in [0.2, 0.25) is 0 Å². The smallest absolute Gasteiger partial charge is 0.354 e. The van der Waals surface area contributed by atoms with Crippen LogP contribution in [0, 0.1) is 0 Å². The molecule has 9 heteroatoms. The number of tetrazole rings is 1. The van der Waals surface area contributed by atoms with Crippen LogP contribution in [-0.4, -0.2) is 40.8 Å². The van der Waals surface area contributed by atoms with E-state index in [0.717, 1.165) is 35.1 Å². The van der Waals surface area contributed by atoms with Crippen molar-refractivity contribution in [3.05, 3.63) is 76.0 Å². The summed E-state index contributed by atoms with van der Waals surface area (Å²) in [4.78, 5) is 25.3. The summed E-state index contributed by atoms with van der Waals surface area (Å²) < 4.78 is 3.01. The fourth-order valence-electron chi connectivity index (χ4n) is 4.26. The Morgan fingerprint density at radius 2 is 1.79 bits per heavy atom. The molecule has 9 nitrogen and oxygen atoms in total. The van der Waals surface area contributed by atoms with Gasteiger partial charge in [-0.1, -0.05) is 61.9 Å². The molecule has 2 heterocycles. The Balaban J connectivity index is 1.71. The third-order valence-electron chi connectivity index (χ3n) is 5.90. The van der Waals surface area contributed by atoms with E-state index < -0.39 is 5.97 Å². The van der Waals surface area contributed by atoms with Gasteiger partial charge < -0.3 is 5.11 Å². The van der Waals surface area contributed by atoms with E-state index >= 15 is 0 Å². The van der Waals surface area contributed by atoms with Crippen molar-refractivity contribution >= 4 is 5.97 Å². The molecule has 0 aliphatic carbocycles. The third kappa shape index (κ3) is 4.41. The molecule has 34 heavy (non-hydrogen) atoms. The van der Waals surface area contributed by atoms with E-state index in [1.807, 2.05) is 69.3 Å². The number of aromatic amines is 1. The quantitative estimate of drug-likeness (QED) is 0.387. The molecule has 2 N–H and O–H groups in total. The van der Waals surface area contributed by atoms with Crippen LogP contribution in [-0.2, 0) is 13.0 Å². The number of aromatic nitrogens is 6. The molecule has 0 saturated carbocycles. The minimum atomic E-state index is -1.07. The Kier molecular flexibility index (Phi) is 6.72. The SMILES string of the molecule is CCCCc1c(C(=O)O)n(C(C)C)c(=O)n1Cc1ccc(-c2ccccc2-c2nnn[nH]2)cc1. The van der Waals surface area contributed by atoms with E-state index in [-0.39, 0.29) is 17.4 Å². The maximum Gasteiger partial charge on any atom is 0.354 e. The van der Waals surface area contributed by atoms with Gasteiger partial charge in [0.05, 0.1) is 12.2 Å². The zero-order valence-electron chi connectivity index (χ0n) is 19.5. The van der Waals surface area contributed by atoms with Gasteiger partial charge in [0, 0.05) is 11.6 Å². The summed E-state index contributed by atoms with van der Waals surface area (Å²) in [5.74, 6) is -0.479. The highest BCUT2D eigenvalue weighted by Crippen LogP contribution is 2.30. The first-order chi connectivity index (χ1) is 16.4. The first-order valence-electron chi connectivity index (χ1n) is 11.4. The fraction of sp³-hybridized carbons (Fsp3) is 0.320. The predicted octanol–water partition coefficient (Wildman–Crippen LogP) is 4.17. The number of nitrogens with zero attached hydrogens (tertiary/aromatic N) is 5. The number of carboxylic acids is 1. The van der Waals surface area contributed by atoms with Crippen LogP contribution < -0.4 is 5.69 Å². The lowest BCUT2D eigenvalue weighted by molar-refractivity contribution is 0.0681. The van der Waals surface area contributed by atoms with Crippen LogP contribution in [0.3, 0.4) is 0 Å². The van der Waals surface area contributed by atoms with Crippen molar-refractivity contribution in [3.8, 4) is 22.5 Å². The molecule has 0 aliphatic rings. The summed E-state index contributed by atoms with van der Waals surface area (Å²) in [7, 11) is 0. The lowest BCUT2D eigenvalue weighted by Crippen LogP contribution is -2.27. The maximum absolute atomic E-state index is 13.2. The highest BCUT2D eigenvalue weighted by molar-refractivity contribution is 5.87. The van der Waals surface area contributed by atoms with E-state index in [4.69, 9.17) is 0 Å². The largest absolute Gasteiger partial charge is 0.477 e. The van der Waals surface area contributed by atoms with Crippen molar-refractivity contribution in [3.63, 3.8) is 0 Å². The van der Waals surface area contributed by atoms with Crippen molar-refractivity contribution in [2.24, 2.45) is 0 Å². The molecule has 4 rings (SSSR count). The zero-order chi connectivity index (χ0) is 24.2. The summed E-state index contributed by atoms with van der Waals surface area (Å²) in [6.07, 6.45) is 2.27. The first kappa shape index (κ1) is 23.2. The van der Waals surface area contributed by atoms with Crippen LogP contribution in [0.5, 0.6) is 0 Å². The van der Waals surface area contributed by atoms with Gasteiger partial charge in [0.1, 0.15) is 0 Å². The van der Waals surface area contributed by atoms with E-state index in [1.165, 1.54) is 4.57 Å². The third-order valence-corrected chi connectivity index (χ3v) is 5.90. The monoisotopic (exact) mass is 460 g/mol. The standard InChI is InChI=1S/C25H28N6O3/c1-4-5-10-21-22(24(32)33)31(16(2)3)25(34)30(21)15-17-11-13-18(14-12-17)19-8-6-7-9-20(19)23-26-28-29-27-23/h6-9,11-14,16H,4-5,10,15H2,1-3H3,(H,32,33)(H,26,27,28,29). The number of hydrogen-bond donors (Lipinski definition) is 2. The minimum absolute atomic E-state index is 0.0969. The summed E-state index contributed by atoms with van der Waals surface area (Å²) in [6.45, 7) is 6.02. The fourth-order valence-corrected chi connectivity index (χ4v) is 4.26. The van der Waals surface area contributed by atoms with Gasteiger partial charge >= 0.3 is 11.7 Å². The highest BCUT2D eigenvalue weighted by atomic mass is 16.4. The van der Waals surface area contributed by atoms with E-state index in [1.54, 1.807) is 4.57 Å². The zero-order valence-corrected chi connectivity index (χ0v) is 19.5. The van der Waals surface area contributed by atoms with E-state index in [0.29, 0.717) is 24.5 Å². The Hall–Kier alpha value is -4.01. The van der Waals surface area contributed by atoms with Crippen molar-refractivity contribution in [2.45, 2.75) is 52.6 Å². The predicted molar refractivity (Wildman–Crippen MR) is 129 cm³/mol. The van der Waals surface area contributed by atoms with Crippen LogP contribution in [0.1, 0.15) is 61.4 Å². The minimum Gasteiger partial charge on any atom is -0.477 e. The van der Waals surface area contributed by atoms with Crippen molar-refractivity contribution in [1.29, 1.82) is 0 Å². The number of aromatic carboxylic acids is 1. The van der Waals surface area contributed by atoms with E-state index in [9.17, 15) is 14.7 Å². The highest BCUT2D eigenvalue weighted by Gasteiger charge is 2.26. The molecule has 2 aromatic heterocycles. The first-order valence-corrected chi connectivity index (χ1v) is 11.4. The summed E-state index contributed by atoms with van der Waals surface area (Å²) in [5, 5.41) is 24.0. The van der Waals surface area contributed by atoms with Gasteiger partial charge in [-0.3, -0.25) is 9.13 Å². The van der Waals surface area contributed by atoms with Crippen molar-refractivity contribution in [1.82, 2.24) is 29.8 Å². The number of carboxylic acid groups (broad SMARTS) is 1. The molecule has 0 unspecified atom stereocenters. The number of H-pyrrole nitrogens is 1. The molecule has 176 valence electrons. The number of imidazole rings is 1. The molecule has 0 amide bonds. The van der Waals surface area contributed by atoms with Crippen molar-refractivity contribution < 1.29 is 9.90 Å². The molecule has 0 spiro atoms. The summed E-state index contributed by atoms with van der Waals surface area (Å²) in [5.41, 5.74) is 4.16. The molecule has 2 aromatic carbocycles. The number of rotatable bonds is 9. The normalized spacial score (nSPS) is 11.3. The number of benzene rings is 2. The molecule has 0 bridgehead atoms. The van der Waals surface area contributed by atoms with Gasteiger partial charge in [0.15, 0.2) is 11.5 Å². The lowest BCUT2D eigenvalue weighted by atomic mass is 9.98. The van der Waals surface area contributed by atoms with E-state index in [2.05, 4.69) is 20.6 Å². The Morgan fingerprint density at radius 1 is 1.09 bits per heavy atom.